The molecule has 0 bridgehead atoms. The molecular formula is C21H18N4O. The molecule has 2 aromatic rings. The van der Waals surface area contributed by atoms with Crippen LogP contribution in [0.3, 0.4) is 0 Å². The zero-order valence-corrected chi connectivity index (χ0v) is 14.4. The Balaban J connectivity index is 1.69. The van der Waals surface area contributed by atoms with Crippen LogP contribution < -0.4 is 4.90 Å². The topological polar surface area (TPSA) is 71.1 Å². The summed E-state index contributed by atoms with van der Waals surface area (Å²) in [7, 11) is 0. The van der Waals surface area contributed by atoms with E-state index in [9.17, 15) is 10.1 Å². The van der Waals surface area contributed by atoms with Gasteiger partial charge in [-0.05, 0) is 54.2 Å². The molecule has 5 nitrogen and oxygen atoms in total. The van der Waals surface area contributed by atoms with Crippen LogP contribution in [0.2, 0.25) is 0 Å². The van der Waals surface area contributed by atoms with Crippen LogP contribution in [0, 0.1) is 22.8 Å². The normalized spacial score (nSPS) is 18.3. The minimum atomic E-state index is -0.337. The fourth-order valence-corrected chi connectivity index (χ4v) is 4.01. The number of anilines is 1. The lowest BCUT2D eigenvalue weighted by Gasteiger charge is -2.25. The van der Waals surface area contributed by atoms with Crippen LogP contribution in [-0.2, 0) is 11.2 Å². The SMILES string of the molecule is N#Cc1cccc(-c2cccc3c2CCN3C(=O)C2CCCN2C#N)c1. The molecule has 1 unspecified atom stereocenters. The highest BCUT2D eigenvalue weighted by Crippen LogP contribution is 2.37. The van der Waals surface area contributed by atoms with E-state index in [0.717, 1.165) is 41.6 Å². The molecule has 2 aromatic carbocycles. The minimum Gasteiger partial charge on any atom is -0.310 e. The van der Waals surface area contributed by atoms with Crippen molar-refractivity contribution < 1.29 is 4.79 Å². The average Bonchev–Trinajstić information content (AvgIpc) is 3.34. The number of rotatable bonds is 2. The Bertz CT molecular complexity index is 953. The first kappa shape index (κ1) is 16.2. The molecule has 26 heavy (non-hydrogen) atoms. The second-order valence-corrected chi connectivity index (χ2v) is 6.69. The summed E-state index contributed by atoms with van der Waals surface area (Å²) in [5.74, 6) is 0.0192. The van der Waals surface area contributed by atoms with Gasteiger partial charge in [0.2, 0.25) is 5.91 Å². The Morgan fingerprint density at radius 2 is 1.96 bits per heavy atom. The molecular weight excluding hydrogens is 324 g/mol. The number of benzene rings is 2. The number of nitrogens with zero attached hydrogens (tertiary/aromatic N) is 4. The molecule has 0 aliphatic carbocycles. The van der Waals surface area contributed by atoms with E-state index in [0.29, 0.717) is 18.7 Å². The number of fused-ring (bicyclic) bond motifs is 1. The summed E-state index contributed by atoms with van der Waals surface area (Å²) in [5, 5.41) is 18.4. The number of likely N-dealkylation sites (tertiary alicyclic amines) is 1. The predicted octanol–water partition coefficient (Wildman–Crippen LogP) is 3.06. The van der Waals surface area contributed by atoms with Crippen LogP contribution in [0.15, 0.2) is 42.5 Å². The van der Waals surface area contributed by atoms with Crippen LogP contribution in [0.5, 0.6) is 0 Å². The first-order chi connectivity index (χ1) is 12.7. The molecule has 0 spiro atoms. The van der Waals surface area contributed by atoms with Crippen molar-refractivity contribution >= 4 is 11.6 Å². The molecule has 0 radical (unpaired) electrons. The van der Waals surface area contributed by atoms with Crippen molar-refractivity contribution in [3.63, 3.8) is 0 Å². The van der Waals surface area contributed by atoms with Gasteiger partial charge in [0.25, 0.3) is 0 Å². The quantitative estimate of drug-likeness (QED) is 0.787. The second-order valence-electron chi connectivity index (χ2n) is 6.69. The number of hydrogen-bond donors (Lipinski definition) is 0. The number of carbonyl (C=O) groups excluding carboxylic acids is 1. The maximum Gasteiger partial charge on any atom is 0.250 e. The summed E-state index contributed by atoms with van der Waals surface area (Å²) in [6.45, 7) is 1.30. The van der Waals surface area contributed by atoms with Gasteiger partial charge >= 0.3 is 0 Å². The summed E-state index contributed by atoms with van der Waals surface area (Å²) < 4.78 is 0. The zero-order chi connectivity index (χ0) is 18.1. The van der Waals surface area contributed by atoms with Crippen molar-refractivity contribution in [1.29, 1.82) is 10.5 Å². The van der Waals surface area contributed by atoms with Crippen LogP contribution in [0.1, 0.15) is 24.0 Å². The third kappa shape index (κ3) is 2.59. The Morgan fingerprint density at radius 3 is 2.77 bits per heavy atom. The van der Waals surface area contributed by atoms with E-state index in [-0.39, 0.29) is 11.9 Å². The number of carbonyl (C=O) groups is 1. The van der Waals surface area contributed by atoms with Crippen molar-refractivity contribution in [2.75, 3.05) is 18.0 Å². The third-order valence-corrected chi connectivity index (χ3v) is 5.26. The summed E-state index contributed by atoms with van der Waals surface area (Å²) >= 11 is 0. The van der Waals surface area contributed by atoms with E-state index in [4.69, 9.17) is 5.26 Å². The standard InChI is InChI=1S/C21H18N4O/c22-13-15-4-1-5-16(12-15)17-6-2-7-19-18(17)9-11-25(19)21(26)20-8-3-10-24(20)14-23/h1-2,4-7,12,20H,3,8-11H2. The van der Waals surface area contributed by atoms with Gasteiger partial charge in [0, 0.05) is 18.8 Å². The minimum absolute atomic E-state index is 0.0192. The summed E-state index contributed by atoms with van der Waals surface area (Å²) in [6, 6.07) is 15.4. The molecule has 1 atom stereocenters. The second kappa shape index (κ2) is 6.54. The highest BCUT2D eigenvalue weighted by molar-refractivity contribution is 6.00. The summed E-state index contributed by atoms with van der Waals surface area (Å²) in [6.07, 6.45) is 4.55. The van der Waals surface area contributed by atoms with Gasteiger partial charge in [-0.3, -0.25) is 9.69 Å². The number of hydrogen-bond acceptors (Lipinski definition) is 4. The van der Waals surface area contributed by atoms with Gasteiger partial charge < -0.3 is 4.90 Å². The highest BCUT2D eigenvalue weighted by atomic mass is 16.2. The van der Waals surface area contributed by atoms with Gasteiger partial charge in [-0.15, -0.1) is 0 Å². The fourth-order valence-electron chi connectivity index (χ4n) is 4.01. The Labute approximate surface area is 152 Å². The van der Waals surface area contributed by atoms with Crippen LogP contribution in [0.25, 0.3) is 11.1 Å². The lowest BCUT2D eigenvalue weighted by atomic mass is 9.96. The first-order valence-corrected chi connectivity index (χ1v) is 8.83. The van der Waals surface area contributed by atoms with E-state index in [1.165, 1.54) is 0 Å². The first-order valence-electron chi connectivity index (χ1n) is 8.83. The van der Waals surface area contributed by atoms with Gasteiger partial charge in [-0.25, -0.2) is 0 Å². The molecule has 4 rings (SSSR count). The monoisotopic (exact) mass is 342 g/mol. The van der Waals surface area contributed by atoms with Crippen molar-refractivity contribution in [2.24, 2.45) is 0 Å². The van der Waals surface area contributed by atoms with Gasteiger partial charge in [-0.2, -0.15) is 10.5 Å². The molecule has 0 aromatic heterocycles. The largest absolute Gasteiger partial charge is 0.310 e. The molecule has 1 amide bonds. The Hall–Kier alpha value is -3.31. The Kier molecular flexibility index (Phi) is 4.07. The fraction of sp³-hybridized carbons (Fsp3) is 0.286. The molecule has 5 heteroatoms. The highest BCUT2D eigenvalue weighted by Gasteiger charge is 2.36. The maximum absolute atomic E-state index is 13.0. The molecule has 2 heterocycles. The molecule has 2 aliphatic heterocycles. The van der Waals surface area contributed by atoms with Crippen LogP contribution in [0.4, 0.5) is 5.69 Å². The van der Waals surface area contributed by atoms with E-state index in [1.807, 2.05) is 41.3 Å². The molecule has 1 fully saturated rings. The van der Waals surface area contributed by atoms with Crippen LogP contribution >= 0.6 is 0 Å². The predicted molar refractivity (Wildman–Crippen MR) is 98.0 cm³/mol. The van der Waals surface area contributed by atoms with Crippen LogP contribution in [-0.4, -0.2) is 29.9 Å². The molecule has 2 aliphatic rings. The van der Waals surface area contributed by atoms with E-state index < -0.39 is 0 Å². The van der Waals surface area contributed by atoms with Crippen molar-refractivity contribution in [3.05, 3.63) is 53.6 Å². The van der Waals surface area contributed by atoms with Crippen molar-refractivity contribution in [2.45, 2.75) is 25.3 Å². The number of amides is 1. The molecule has 128 valence electrons. The van der Waals surface area contributed by atoms with Gasteiger partial charge in [-0.1, -0.05) is 24.3 Å². The summed E-state index contributed by atoms with van der Waals surface area (Å²) in [4.78, 5) is 16.4. The van der Waals surface area contributed by atoms with E-state index in [1.54, 1.807) is 11.0 Å². The number of nitriles is 2. The lowest BCUT2D eigenvalue weighted by molar-refractivity contribution is -0.121. The third-order valence-electron chi connectivity index (χ3n) is 5.26. The molecule has 1 saturated heterocycles. The Morgan fingerprint density at radius 1 is 1.12 bits per heavy atom. The molecule has 0 saturated carbocycles. The van der Waals surface area contributed by atoms with E-state index >= 15 is 0 Å². The lowest BCUT2D eigenvalue weighted by Crippen LogP contribution is -2.43. The van der Waals surface area contributed by atoms with Crippen molar-refractivity contribution in [3.8, 4) is 23.4 Å². The molecule has 0 N–H and O–H groups in total. The van der Waals surface area contributed by atoms with E-state index in [2.05, 4.69) is 12.3 Å². The summed E-state index contributed by atoms with van der Waals surface area (Å²) in [5.41, 5.74) is 4.76. The van der Waals surface area contributed by atoms with Crippen molar-refractivity contribution in [1.82, 2.24) is 4.90 Å². The van der Waals surface area contributed by atoms with Gasteiger partial charge in [0.1, 0.15) is 6.04 Å². The zero-order valence-electron chi connectivity index (χ0n) is 14.4. The maximum atomic E-state index is 13.0. The van der Waals surface area contributed by atoms with Gasteiger partial charge in [0.15, 0.2) is 6.19 Å². The smallest absolute Gasteiger partial charge is 0.250 e. The average molecular weight is 342 g/mol. The van der Waals surface area contributed by atoms with Gasteiger partial charge in [0.05, 0.1) is 11.6 Å².